The van der Waals surface area contributed by atoms with E-state index >= 15 is 0 Å². The summed E-state index contributed by atoms with van der Waals surface area (Å²) in [6, 6.07) is 10.1. The molecule has 0 bridgehead atoms. The third-order valence-electron chi connectivity index (χ3n) is 7.17. The van der Waals surface area contributed by atoms with Crippen LogP contribution in [0, 0.1) is 0 Å². The second-order valence-corrected chi connectivity index (χ2v) is 10.6. The molecule has 4 rings (SSSR count). The molecule has 0 spiro atoms. The summed E-state index contributed by atoms with van der Waals surface area (Å²) in [7, 11) is 0. The van der Waals surface area contributed by atoms with E-state index in [9.17, 15) is 57.9 Å². The Morgan fingerprint density at radius 1 is 0.875 bits per heavy atom. The quantitative estimate of drug-likeness (QED) is 0.132. The Labute approximate surface area is 269 Å². The molecule has 1 amide bonds. The van der Waals surface area contributed by atoms with Crippen LogP contribution in [-0.2, 0) is 9.53 Å². The van der Waals surface area contributed by atoms with Crippen molar-refractivity contribution in [3.05, 3.63) is 82.4 Å². The number of ketones is 1. The molecule has 3 aromatic carbocycles. The molecule has 1 aliphatic heterocycles. The fourth-order valence-electron chi connectivity index (χ4n) is 4.70. The Bertz CT molecular complexity index is 1700. The maximum absolute atomic E-state index is 13.2. The molecule has 0 aliphatic carbocycles. The predicted molar refractivity (Wildman–Crippen MR) is 157 cm³/mol. The number of ether oxygens (including phenoxy) is 1. The maximum Gasteiger partial charge on any atom is 0.490 e. The Hall–Kier alpha value is -5.84. The average molecular weight is 679 g/mol. The number of alkyl halides is 3. The van der Waals surface area contributed by atoms with Gasteiger partial charge in [0.25, 0.3) is 5.91 Å². The first-order valence-corrected chi connectivity index (χ1v) is 13.9. The summed E-state index contributed by atoms with van der Waals surface area (Å²) in [5, 5.41) is 63.4. The molecule has 3 aromatic rings. The minimum absolute atomic E-state index is 0.00132. The lowest BCUT2D eigenvalue weighted by Gasteiger charge is -2.36. The number of rotatable bonds is 7. The SMILES string of the molecule is CC1(OC(=O)c2cc(O)c(C(=O)c3c(O)cccc3C(=O)O)c(O)c2)CCCNCC1NC(=O)c1ccc(O)cc1.O=C(O)C(F)(F)F. The molecule has 0 radical (unpaired) electrons. The number of phenols is 4. The van der Waals surface area contributed by atoms with Gasteiger partial charge in [0.15, 0.2) is 0 Å². The van der Waals surface area contributed by atoms with Gasteiger partial charge >= 0.3 is 24.1 Å². The van der Waals surface area contributed by atoms with Gasteiger partial charge in [-0.25, -0.2) is 14.4 Å². The highest BCUT2D eigenvalue weighted by molar-refractivity contribution is 6.18. The lowest BCUT2D eigenvalue weighted by molar-refractivity contribution is -0.192. The zero-order chi connectivity index (χ0) is 36.0. The van der Waals surface area contributed by atoms with Crippen LogP contribution in [0.2, 0.25) is 0 Å². The van der Waals surface area contributed by atoms with Crippen LogP contribution in [0.4, 0.5) is 13.2 Å². The third-order valence-corrected chi connectivity index (χ3v) is 7.17. The van der Waals surface area contributed by atoms with Gasteiger partial charge in [-0.15, -0.1) is 0 Å². The lowest BCUT2D eigenvalue weighted by Crippen LogP contribution is -2.56. The van der Waals surface area contributed by atoms with Crippen LogP contribution in [0.25, 0.3) is 0 Å². The molecule has 1 aliphatic rings. The monoisotopic (exact) mass is 678 g/mol. The molecule has 1 heterocycles. The summed E-state index contributed by atoms with van der Waals surface area (Å²) in [6.07, 6.45) is -4.13. The van der Waals surface area contributed by atoms with Gasteiger partial charge in [-0.1, -0.05) is 6.07 Å². The summed E-state index contributed by atoms with van der Waals surface area (Å²) in [6.45, 7) is 2.51. The van der Waals surface area contributed by atoms with Crippen molar-refractivity contribution in [1.82, 2.24) is 10.6 Å². The van der Waals surface area contributed by atoms with Crippen LogP contribution < -0.4 is 10.6 Å². The summed E-state index contributed by atoms with van der Waals surface area (Å²) >= 11 is 0. The highest BCUT2D eigenvalue weighted by Gasteiger charge is 2.41. The molecule has 1 fully saturated rings. The number of hydrogen-bond donors (Lipinski definition) is 8. The van der Waals surface area contributed by atoms with Crippen molar-refractivity contribution >= 4 is 29.6 Å². The van der Waals surface area contributed by atoms with E-state index in [1.54, 1.807) is 6.92 Å². The van der Waals surface area contributed by atoms with Gasteiger partial charge in [-0.3, -0.25) is 9.59 Å². The number of carbonyl (C=O) groups is 5. The van der Waals surface area contributed by atoms with Gasteiger partial charge < -0.3 is 46.0 Å². The van der Waals surface area contributed by atoms with Crippen molar-refractivity contribution in [1.29, 1.82) is 0 Å². The number of amides is 1. The van der Waals surface area contributed by atoms with Crippen molar-refractivity contribution in [3.8, 4) is 23.0 Å². The zero-order valence-corrected chi connectivity index (χ0v) is 24.9. The van der Waals surface area contributed by atoms with Crippen LogP contribution in [0.15, 0.2) is 54.6 Å². The average Bonchev–Trinajstić information content (AvgIpc) is 3.17. The van der Waals surface area contributed by atoms with Crippen molar-refractivity contribution in [2.75, 3.05) is 13.1 Å². The number of halogens is 3. The molecular formula is C31H29F3N2O12. The first kappa shape index (κ1) is 36.6. The van der Waals surface area contributed by atoms with E-state index < -0.39 is 81.4 Å². The molecule has 1 saturated heterocycles. The first-order valence-electron chi connectivity index (χ1n) is 13.9. The number of carboxylic acid groups (broad SMARTS) is 2. The highest BCUT2D eigenvalue weighted by Crippen LogP contribution is 2.35. The van der Waals surface area contributed by atoms with Crippen molar-refractivity contribution in [2.45, 2.75) is 37.6 Å². The number of benzene rings is 3. The number of esters is 1. The summed E-state index contributed by atoms with van der Waals surface area (Å²) in [4.78, 5) is 59.6. The van der Waals surface area contributed by atoms with Gasteiger partial charge in [-0.2, -0.15) is 13.2 Å². The Morgan fingerprint density at radius 3 is 2.00 bits per heavy atom. The van der Waals surface area contributed by atoms with Crippen LogP contribution in [0.5, 0.6) is 23.0 Å². The molecule has 2 unspecified atom stereocenters. The fraction of sp³-hybridized carbons (Fsp3) is 0.258. The van der Waals surface area contributed by atoms with Crippen LogP contribution >= 0.6 is 0 Å². The van der Waals surface area contributed by atoms with Gasteiger partial charge in [0.05, 0.1) is 22.7 Å². The smallest absolute Gasteiger partial charge is 0.490 e. The van der Waals surface area contributed by atoms with E-state index in [0.717, 1.165) is 24.3 Å². The van der Waals surface area contributed by atoms with E-state index in [4.69, 9.17) is 14.6 Å². The number of carbonyl (C=O) groups excluding carboxylic acids is 3. The second-order valence-electron chi connectivity index (χ2n) is 10.6. The second kappa shape index (κ2) is 14.7. The van der Waals surface area contributed by atoms with Gasteiger partial charge in [0.2, 0.25) is 5.78 Å². The molecule has 8 N–H and O–H groups in total. The highest BCUT2D eigenvalue weighted by atomic mass is 19.4. The Kier molecular flexibility index (Phi) is 11.2. The summed E-state index contributed by atoms with van der Waals surface area (Å²) in [5.41, 5.74) is -3.16. The number of phenolic OH excluding ortho intramolecular Hbond substituents is 4. The molecule has 256 valence electrons. The predicted octanol–water partition coefficient (Wildman–Crippen LogP) is 3.17. The number of hydrogen-bond acceptors (Lipinski definition) is 11. The normalized spacial score (nSPS) is 17.5. The third kappa shape index (κ3) is 8.69. The molecule has 48 heavy (non-hydrogen) atoms. The van der Waals surface area contributed by atoms with Gasteiger partial charge in [0.1, 0.15) is 34.2 Å². The minimum atomic E-state index is -5.08. The minimum Gasteiger partial charge on any atom is -0.508 e. The van der Waals surface area contributed by atoms with E-state index in [1.165, 1.54) is 30.3 Å². The van der Waals surface area contributed by atoms with Crippen molar-refractivity contribution in [2.24, 2.45) is 0 Å². The van der Waals surface area contributed by atoms with Crippen LogP contribution in [-0.4, -0.2) is 91.1 Å². The zero-order valence-electron chi connectivity index (χ0n) is 24.9. The van der Waals surface area contributed by atoms with E-state index in [0.29, 0.717) is 19.4 Å². The van der Waals surface area contributed by atoms with Crippen LogP contribution in [0.3, 0.4) is 0 Å². The lowest BCUT2D eigenvalue weighted by atomic mass is 9.91. The van der Waals surface area contributed by atoms with E-state index in [-0.39, 0.29) is 23.4 Å². The van der Waals surface area contributed by atoms with Crippen molar-refractivity contribution < 1.29 is 72.5 Å². The number of aliphatic carboxylic acids is 1. The van der Waals surface area contributed by atoms with E-state index in [1.807, 2.05) is 0 Å². The fourth-order valence-corrected chi connectivity index (χ4v) is 4.70. The Balaban J connectivity index is 0.000000804. The maximum atomic E-state index is 13.2. The first-order chi connectivity index (χ1) is 22.4. The number of nitrogens with one attached hydrogen (secondary N) is 2. The number of carboxylic acids is 2. The van der Waals surface area contributed by atoms with Crippen LogP contribution in [0.1, 0.15) is 66.8 Å². The molecule has 17 heteroatoms. The number of aromatic carboxylic acids is 1. The topological polar surface area (TPSA) is 240 Å². The Morgan fingerprint density at radius 2 is 1.46 bits per heavy atom. The van der Waals surface area contributed by atoms with Crippen molar-refractivity contribution in [3.63, 3.8) is 0 Å². The summed E-state index contributed by atoms with van der Waals surface area (Å²) < 4.78 is 37.6. The molecule has 0 aromatic heterocycles. The largest absolute Gasteiger partial charge is 0.508 e. The summed E-state index contributed by atoms with van der Waals surface area (Å²) in [5.74, 6) is -9.21. The standard InChI is InChI=1S/C29H28N2O10.C2HF3O2/c1-29(10-3-11-30-14-22(29)31-26(37)15-6-8-17(32)9-7-15)41-28(40)16-12-20(34)24(21(35)13-16)25(36)23-18(27(38)39)4-2-5-19(23)33;3-2(4,5)1(6)7/h2,4-9,12-13,22,30,32-35H,3,10-11,14H2,1H3,(H,31,37)(H,38,39);(H,6,7). The van der Waals surface area contributed by atoms with E-state index in [2.05, 4.69) is 10.6 Å². The molecular weight excluding hydrogens is 649 g/mol. The van der Waals surface area contributed by atoms with Gasteiger partial charge in [0, 0.05) is 12.1 Å². The molecule has 14 nitrogen and oxygen atoms in total. The molecule has 0 saturated carbocycles. The molecule has 2 atom stereocenters. The van der Waals surface area contributed by atoms with Gasteiger partial charge in [-0.05, 0) is 74.8 Å². The number of aromatic hydroxyl groups is 4.